The van der Waals surface area contributed by atoms with Gasteiger partial charge in [0.05, 0.1) is 12.6 Å². The maximum Gasteiger partial charge on any atom is 0.239 e. The summed E-state index contributed by atoms with van der Waals surface area (Å²) in [6.45, 7) is 7.21. The second-order valence-corrected chi connectivity index (χ2v) is 6.15. The van der Waals surface area contributed by atoms with Crippen molar-refractivity contribution in [1.29, 1.82) is 0 Å². The zero-order valence-corrected chi connectivity index (χ0v) is 13.0. The Kier molecular flexibility index (Phi) is 5.57. The average Bonchev–Trinajstić information content (AvgIpc) is 2.35. The van der Waals surface area contributed by atoms with Gasteiger partial charge in [0.15, 0.2) is 0 Å². The van der Waals surface area contributed by atoms with Crippen molar-refractivity contribution in [3.63, 3.8) is 0 Å². The topological polar surface area (TPSA) is 58.2 Å². The van der Waals surface area contributed by atoms with Crippen molar-refractivity contribution in [3.8, 4) is 0 Å². The van der Waals surface area contributed by atoms with Crippen LogP contribution in [-0.2, 0) is 9.59 Å². The molecule has 0 radical (unpaired) electrons. The van der Waals surface area contributed by atoms with Crippen LogP contribution >= 0.6 is 11.6 Å². The SMILES string of the molecule is CC(NC(=O)CNC(=O)C(C)(C)C)c1ccccc1Cl. The molecule has 1 unspecified atom stereocenters. The lowest BCUT2D eigenvalue weighted by Crippen LogP contribution is -2.42. The van der Waals surface area contributed by atoms with E-state index in [1.165, 1.54) is 0 Å². The van der Waals surface area contributed by atoms with Gasteiger partial charge in [-0.3, -0.25) is 9.59 Å². The lowest BCUT2D eigenvalue weighted by atomic mass is 9.96. The van der Waals surface area contributed by atoms with Crippen LogP contribution in [-0.4, -0.2) is 18.4 Å². The van der Waals surface area contributed by atoms with Crippen molar-refractivity contribution in [2.75, 3.05) is 6.54 Å². The summed E-state index contributed by atoms with van der Waals surface area (Å²) < 4.78 is 0. The van der Waals surface area contributed by atoms with Crippen molar-refractivity contribution < 1.29 is 9.59 Å². The predicted octanol–water partition coefficient (Wildman–Crippen LogP) is 2.68. The molecule has 0 fully saturated rings. The van der Waals surface area contributed by atoms with Gasteiger partial charge < -0.3 is 10.6 Å². The largest absolute Gasteiger partial charge is 0.348 e. The second-order valence-electron chi connectivity index (χ2n) is 5.74. The first-order chi connectivity index (χ1) is 9.21. The van der Waals surface area contributed by atoms with E-state index in [4.69, 9.17) is 11.6 Å². The van der Waals surface area contributed by atoms with Gasteiger partial charge in [0, 0.05) is 10.4 Å². The van der Waals surface area contributed by atoms with Gasteiger partial charge in [0.1, 0.15) is 0 Å². The second kappa shape index (κ2) is 6.75. The molecule has 0 aromatic heterocycles. The molecule has 1 atom stereocenters. The molecule has 0 bridgehead atoms. The molecule has 0 aliphatic carbocycles. The number of carbonyl (C=O) groups excluding carboxylic acids is 2. The van der Waals surface area contributed by atoms with Crippen LogP contribution in [0.25, 0.3) is 0 Å². The van der Waals surface area contributed by atoms with Gasteiger partial charge in [-0.2, -0.15) is 0 Å². The molecule has 0 saturated heterocycles. The Morgan fingerprint density at radius 3 is 2.40 bits per heavy atom. The van der Waals surface area contributed by atoms with Crippen molar-refractivity contribution in [1.82, 2.24) is 10.6 Å². The van der Waals surface area contributed by atoms with Crippen molar-refractivity contribution >= 4 is 23.4 Å². The quantitative estimate of drug-likeness (QED) is 0.897. The lowest BCUT2D eigenvalue weighted by Gasteiger charge is -2.19. The van der Waals surface area contributed by atoms with Gasteiger partial charge in [-0.05, 0) is 18.6 Å². The molecule has 0 heterocycles. The Morgan fingerprint density at radius 2 is 1.85 bits per heavy atom. The van der Waals surface area contributed by atoms with Crippen LogP contribution < -0.4 is 10.6 Å². The van der Waals surface area contributed by atoms with Crippen molar-refractivity contribution in [3.05, 3.63) is 34.9 Å². The van der Waals surface area contributed by atoms with E-state index in [1.807, 2.05) is 25.1 Å². The molecule has 1 aromatic carbocycles. The number of carbonyl (C=O) groups is 2. The van der Waals surface area contributed by atoms with Crippen LogP contribution in [0.4, 0.5) is 0 Å². The highest BCUT2D eigenvalue weighted by atomic mass is 35.5. The van der Waals surface area contributed by atoms with E-state index in [9.17, 15) is 9.59 Å². The minimum absolute atomic E-state index is 0.0368. The Morgan fingerprint density at radius 1 is 1.25 bits per heavy atom. The standard InChI is InChI=1S/C15H21ClN2O2/c1-10(11-7-5-6-8-12(11)16)18-13(19)9-17-14(20)15(2,3)4/h5-8,10H,9H2,1-4H3,(H,17,20)(H,18,19). The van der Waals surface area contributed by atoms with E-state index in [0.717, 1.165) is 5.56 Å². The molecule has 0 spiro atoms. The number of halogens is 1. The first-order valence-electron chi connectivity index (χ1n) is 6.54. The fourth-order valence-corrected chi connectivity index (χ4v) is 1.92. The maximum atomic E-state index is 11.8. The summed E-state index contributed by atoms with van der Waals surface area (Å²) in [4.78, 5) is 23.5. The Balaban J connectivity index is 2.51. The molecule has 110 valence electrons. The van der Waals surface area contributed by atoms with E-state index >= 15 is 0 Å². The number of rotatable bonds is 4. The monoisotopic (exact) mass is 296 g/mol. The Labute approximate surface area is 124 Å². The fraction of sp³-hybridized carbons (Fsp3) is 0.467. The number of hydrogen-bond acceptors (Lipinski definition) is 2. The summed E-state index contributed by atoms with van der Waals surface area (Å²) in [5.41, 5.74) is 0.346. The van der Waals surface area contributed by atoms with Crippen LogP contribution in [0.3, 0.4) is 0 Å². The molecule has 4 nitrogen and oxygen atoms in total. The molecule has 1 aromatic rings. The number of benzene rings is 1. The molecule has 0 aliphatic heterocycles. The zero-order valence-electron chi connectivity index (χ0n) is 12.3. The molecular formula is C15H21ClN2O2. The van der Waals surface area contributed by atoms with Gasteiger partial charge in [-0.1, -0.05) is 50.6 Å². The first kappa shape index (κ1) is 16.5. The molecular weight excluding hydrogens is 276 g/mol. The highest BCUT2D eigenvalue weighted by molar-refractivity contribution is 6.31. The molecule has 2 amide bonds. The Bertz CT molecular complexity index is 495. The highest BCUT2D eigenvalue weighted by Crippen LogP contribution is 2.21. The molecule has 20 heavy (non-hydrogen) atoms. The van der Waals surface area contributed by atoms with E-state index < -0.39 is 5.41 Å². The summed E-state index contributed by atoms with van der Waals surface area (Å²) >= 11 is 6.07. The molecule has 0 saturated carbocycles. The van der Waals surface area contributed by atoms with Gasteiger partial charge in [0.2, 0.25) is 11.8 Å². The van der Waals surface area contributed by atoms with E-state index in [1.54, 1.807) is 26.8 Å². The van der Waals surface area contributed by atoms with Gasteiger partial charge in [-0.25, -0.2) is 0 Å². The lowest BCUT2D eigenvalue weighted by molar-refractivity contribution is -0.131. The smallest absolute Gasteiger partial charge is 0.239 e. The van der Waals surface area contributed by atoms with Crippen LogP contribution in [0.15, 0.2) is 24.3 Å². The summed E-state index contributed by atoms with van der Waals surface area (Å²) in [6, 6.07) is 7.14. The fourth-order valence-electron chi connectivity index (χ4n) is 1.62. The molecule has 1 rings (SSSR count). The molecule has 2 N–H and O–H groups in total. The van der Waals surface area contributed by atoms with Gasteiger partial charge in [-0.15, -0.1) is 0 Å². The Hall–Kier alpha value is -1.55. The molecule has 5 heteroatoms. The maximum absolute atomic E-state index is 11.8. The highest BCUT2D eigenvalue weighted by Gasteiger charge is 2.21. The predicted molar refractivity (Wildman–Crippen MR) is 80.5 cm³/mol. The summed E-state index contributed by atoms with van der Waals surface area (Å²) in [5.74, 6) is -0.395. The first-order valence-corrected chi connectivity index (χ1v) is 6.91. The number of amides is 2. The third kappa shape index (κ3) is 4.85. The minimum atomic E-state index is -0.505. The minimum Gasteiger partial charge on any atom is -0.348 e. The van der Waals surface area contributed by atoms with E-state index in [0.29, 0.717) is 5.02 Å². The summed E-state index contributed by atoms with van der Waals surface area (Å²) in [7, 11) is 0. The van der Waals surface area contributed by atoms with Crippen molar-refractivity contribution in [2.24, 2.45) is 5.41 Å². The summed E-state index contributed by atoms with van der Waals surface area (Å²) in [5, 5.41) is 6.03. The third-order valence-electron chi connectivity index (χ3n) is 2.84. The van der Waals surface area contributed by atoms with Crippen molar-refractivity contribution in [2.45, 2.75) is 33.7 Å². The average molecular weight is 297 g/mol. The summed E-state index contributed by atoms with van der Waals surface area (Å²) in [6.07, 6.45) is 0. The van der Waals surface area contributed by atoms with Crippen LogP contribution in [0.5, 0.6) is 0 Å². The van der Waals surface area contributed by atoms with Crippen LogP contribution in [0, 0.1) is 5.41 Å². The molecule has 0 aliphatic rings. The van der Waals surface area contributed by atoms with E-state index in [-0.39, 0.29) is 24.4 Å². The zero-order chi connectivity index (χ0) is 15.3. The number of nitrogens with one attached hydrogen (secondary N) is 2. The third-order valence-corrected chi connectivity index (χ3v) is 3.18. The van der Waals surface area contributed by atoms with Gasteiger partial charge >= 0.3 is 0 Å². The van der Waals surface area contributed by atoms with Gasteiger partial charge in [0.25, 0.3) is 0 Å². The normalized spacial score (nSPS) is 12.7. The number of hydrogen-bond donors (Lipinski definition) is 2. The van der Waals surface area contributed by atoms with Crippen LogP contribution in [0.1, 0.15) is 39.3 Å². The van der Waals surface area contributed by atoms with E-state index in [2.05, 4.69) is 10.6 Å². The van der Waals surface area contributed by atoms with Crippen LogP contribution in [0.2, 0.25) is 5.02 Å².